The highest BCUT2D eigenvalue weighted by atomic mass is 32.2. The molecule has 0 amide bonds. The van der Waals surface area contributed by atoms with Crippen LogP contribution in [-0.2, 0) is 11.2 Å². The van der Waals surface area contributed by atoms with Crippen LogP contribution < -0.4 is 4.90 Å². The van der Waals surface area contributed by atoms with Crippen molar-refractivity contribution in [1.29, 1.82) is 0 Å². The average molecular weight is 404 g/mol. The minimum absolute atomic E-state index is 0.00483. The predicted octanol–water partition coefficient (Wildman–Crippen LogP) is 5.96. The highest BCUT2D eigenvalue weighted by Crippen LogP contribution is 2.46. The summed E-state index contributed by atoms with van der Waals surface area (Å²) in [6.45, 7) is 5.28. The third-order valence-corrected chi connectivity index (χ3v) is 8.06. The molecule has 0 aliphatic carbocycles. The second-order valence-electron chi connectivity index (χ2n) is 7.36. The Morgan fingerprint density at radius 3 is 2.59 bits per heavy atom. The quantitative estimate of drug-likeness (QED) is 0.477. The predicted molar refractivity (Wildman–Crippen MR) is 117 cm³/mol. The molecule has 3 rings (SSSR count). The highest BCUT2D eigenvalue weighted by molar-refractivity contribution is 7.98. The molecule has 0 spiro atoms. The van der Waals surface area contributed by atoms with Gasteiger partial charge in [0.1, 0.15) is 11.5 Å². The van der Waals surface area contributed by atoms with Gasteiger partial charge in [-0.3, -0.25) is 0 Å². The molecule has 2 aromatic rings. The Labute approximate surface area is 170 Å². The van der Waals surface area contributed by atoms with Crippen LogP contribution in [0.1, 0.15) is 39.5 Å². The van der Waals surface area contributed by atoms with Crippen LogP contribution in [0.15, 0.2) is 52.3 Å². The molecule has 146 valence electrons. The van der Waals surface area contributed by atoms with Crippen molar-refractivity contribution in [2.75, 3.05) is 23.5 Å². The minimum Gasteiger partial charge on any atom is -0.611 e. The molecular weight excluding hydrogens is 374 g/mol. The van der Waals surface area contributed by atoms with Gasteiger partial charge in [-0.1, -0.05) is 44.9 Å². The van der Waals surface area contributed by atoms with Gasteiger partial charge in [0.25, 0.3) is 0 Å². The molecule has 0 radical (unpaired) electrons. The van der Waals surface area contributed by atoms with Crippen molar-refractivity contribution in [1.82, 2.24) is 0 Å². The molecule has 1 aliphatic rings. The first kappa shape index (κ1) is 20.4. The lowest BCUT2D eigenvalue weighted by molar-refractivity contribution is 0.290. The second kappa shape index (κ2) is 8.80. The number of aromatic hydroxyl groups is 1. The second-order valence-corrected chi connectivity index (χ2v) is 9.63. The molecule has 3 nitrogen and oxygen atoms in total. The van der Waals surface area contributed by atoms with Gasteiger partial charge in [-0.2, -0.15) is 0 Å². The van der Waals surface area contributed by atoms with E-state index in [4.69, 9.17) is 0 Å². The number of anilines is 2. The Morgan fingerprint density at radius 1 is 1.22 bits per heavy atom. The van der Waals surface area contributed by atoms with Gasteiger partial charge >= 0.3 is 0 Å². The lowest BCUT2D eigenvalue weighted by Crippen LogP contribution is -2.37. The molecule has 0 fully saturated rings. The largest absolute Gasteiger partial charge is 0.611 e. The van der Waals surface area contributed by atoms with E-state index in [0.717, 1.165) is 53.4 Å². The fraction of sp³-hybridized carbons (Fsp3) is 0.455. The molecular formula is C22H29NO2S2. The Balaban J connectivity index is 2.15. The van der Waals surface area contributed by atoms with Crippen LogP contribution in [0, 0.1) is 5.41 Å². The van der Waals surface area contributed by atoms with Crippen molar-refractivity contribution in [3.05, 3.63) is 42.5 Å². The maximum absolute atomic E-state index is 13.3. The van der Waals surface area contributed by atoms with Crippen molar-refractivity contribution >= 4 is 34.3 Å². The van der Waals surface area contributed by atoms with Crippen LogP contribution in [-0.4, -0.2) is 28.2 Å². The van der Waals surface area contributed by atoms with Gasteiger partial charge in [0.05, 0.1) is 10.6 Å². The first-order valence-electron chi connectivity index (χ1n) is 9.65. The van der Waals surface area contributed by atoms with Crippen LogP contribution in [0.2, 0.25) is 0 Å². The standard InChI is InChI=1S/C22H29NO2S2/c1-4-6-12-22(5-2)15-23(17-10-8-7-9-11-17)18-13-20(26-3)19(24)14-21(18)27(25)16-22/h7-11,13-14,24H,4-6,12,15-16H2,1-3H3. The molecule has 0 bridgehead atoms. The summed E-state index contributed by atoms with van der Waals surface area (Å²) in [4.78, 5) is 3.89. The number of phenolic OH excluding ortho intramolecular Hbond substituents is 1. The molecule has 1 N–H and O–H groups in total. The first-order chi connectivity index (χ1) is 13.0. The number of hydrogen-bond donors (Lipinski definition) is 1. The number of fused-ring (bicyclic) bond motifs is 1. The number of rotatable bonds is 6. The van der Waals surface area contributed by atoms with E-state index in [1.165, 1.54) is 11.8 Å². The van der Waals surface area contributed by atoms with Crippen LogP contribution in [0.3, 0.4) is 0 Å². The van der Waals surface area contributed by atoms with Crippen molar-refractivity contribution in [3.63, 3.8) is 0 Å². The summed E-state index contributed by atoms with van der Waals surface area (Å²) < 4.78 is 13.3. The zero-order valence-electron chi connectivity index (χ0n) is 16.4. The molecule has 1 heterocycles. The summed E-state index contributed by atoms with van der Waals surface area (Å²) in [5.74, 6) is 0.873. The Hall–Kier alpha value is -1.30. The maximum Gasteiger partial charge on any atom is 0.180 e. The van der Waals surface area contributed by atoms with Crippen molar-refractivity contribution in [2.24, 2.45) is 5.41 Å². The molecule has 2 aromatic carbocycles. The van der Waals surface area contributed by atoms with E-state index in [9.17, 15) is 9.66 Å². The van der Waals surface area contributed by atoms with E-state index in [1.807, 2.05) is 30.5 Å². The Bertz CT molecular complexity index is 768. The summed E-state index contributed by atoms with van der Waals surface area (Å²) in [7, 11) is 0. The van der Waals surface area contributed by atoms with Gasteiger partial charge < -0.3 is 14.6 Å². The number of thioether (sulfide) groups is 1. The van der Waals surface area contributed by atoms with E-state index in [1.54, 1.807) is 6.07 Å². The van der Waals surface area contributed by atoms with Crippen LogP contribution >= 0.6 is 11.8 Å². The number of benzene rings is 2. The van der Waals surface area contributed by atoms with Gasteiger partial charge in [-0.15, -0.1) is 11.8 Å². The zero-order chi connectivity index (χ0) is 19.4. The maximum atomic E-state index is 13.3. The van der Waals surface area contributed by atoms with E-state index in [-0.39, 0.29) is 11.2 Å². The van der Waals surface area contributed by atoms with Crippen molar-refractivity contribution in [3.8, 4) is 5.75 Å². The number of unbranched alkanes of at least 4 members (excludes halogenated alkanes) is 1. The van der Waals surface area contributed by atoms with Gasteiger partial charge in [0.2, 0.25) is 0 Å². The van der Waals surface area contributed by atoms with Gasteiger partial charge in [0.15, 0.2) is 4.90 Å². The number of nitrogens with zero attached hydrogens (tertiary/aromatic N) is 1. The van der Waals surface area contributed by atoms with Crippen LogP contribution in [0.5, 0.6) is 5.75 Å². The molecule has 1 aliphatic heterocycles. The normalized spacial score (nSPS) is 22.4. The summed E-state index contributed by atoms with van der Waals surface area (Å²) in [6, 6.07) is 14.1. The summed E-state index contributed by atoms with van der Waals surface area (Å²) >= 11 is 0.386. The molecule has 27 heavy (non-hydrogen) atoms. The van der Waals surface area contributed by atoms with E-state index in [0.29, 0.717) is 5.75 Å². The lowest BCUT2D eigenvalue weighted by atomic mass is 9.81. The van der Waals surface area contributed by atoms with Gasteiger partial charge in [0, 0.05) is 23.7 Å². The average Bonchev–Trinajstić information content (AvgIpc) is 2.81. The van der Waals surface area contributed by atoms with Gasteiger partial charge in [-0.05, 0) is 48.5 Å². The van der Waals surface area contributed by atoms with E-state index < -0.39 is 11.2 Å². The third kappa shape index (κ3) is 4.25. The number of hydrogen-bond acceptors (Lipinski definition) is 4. The lowest BCUT2D eigenvalue weighted by Gasteiger charge is -2.35. The first-order valence-corrected chi connectivity index (χ1v) is 12.2. The number of para-hydroxylation sites is 1. The molecule has 5 heteroatoms. The molecule has 2 atom stereocenters. The SMILES string of the molecule is CCCCC1(CC)CN(c2ccccc2)c2cc(SC)c(O)cc2[S+]([O-])C1. The highest BCUT2D eigenvalue weighted by Gasteiger charge is 2.41. The van der Waals surface area contributed by atoms with E-state index in [2.05, 4.69) is 30.9 Å². The fourth-order valence-corrected chi connectivity index (χ4v) is 6.14. The Morgan fingerprint density at radius 2 is 1.96 bits per heavy atom. The minimum atomic E-state index is -1.13. The third-order valence-electron chi connectivity index (χ3n) is 5.61. The molecule has 0 saturated heterocycles. The smallest absolute Gasteiger partial charge is 0.180 e. The fourth-order valence-electron chi connectivity index (χ4n) is 3.85. The summed E-state index contributed by atoms with van der Waals surface area (Å²) in [6.07, 6.45) is 6.32. The molecule has 0 saturated carbocycles. The number of phenols is 1. The molecule has 2 unspecified atom stereocenters. The van der Waals surface area contributed by atoms with E-state index >= 15 is 0 Å². The topological polar surface area (TPSA) is 46.5 Å². The Kier molecular flexibility index (Phi) is 6.66. The van der Waals surface area contributed by atoms with Crippen LogP contribution in [0.4, 0.5) is 11.4 Å². The summed E-state index contributed by atoms with van der Waals surface area (Å²) in [5, 5.41) is 10.4. The van der Waals surface area contributed by atoms with Crippen molar-refractivity contribution in [2.45, 2.75) is 49.3 Å². The molecule has 0 aromatic heterocycles. The van der Waals surface area contributed by atoms with Crippen LogP contribution in [0.25, 0.3) is 0 Å². The zero-order valence-corrected chi connectivity index (χ0v) is 18.0. The van der Waals surface area contributed by atoms with Crippen molar-refractivity contribution < 1.29 is 9.66 Å². The monoisotopic (exact) mass is 403 g/mol. The summed E-state index contributed by atoms with van der Waals surface area (Å²) in [5.41, 5.74) is 2.09. The van der Waals surface area contributed by atoms with Gasteiger partial charge in [-0.25, -0.2) is 0 Å².